The number of hydrogen-bond donors (Lipinski definition) is 1. The third kappa shape index (κ3) is 5.62. The van der Waals surface area contributed by atoms with Crippen LogP contribution in [0.4, 0.5) is 13.2 Å². The van der Waals surface area contributed by atoms with E-state index >= 15 is 0 Å². The number of aryl methyl sites for hydroxylation is 1. The minimum atomic E-state index is -4.42. The molecule has 4 nitrogen and oxygen atoms in total. The first kappa shape index (κ1) is 14.4. The number of carbonyl (C=O) groups is 1. The van der Waals surface area contributed by atoms with Gasteiger partial charge in [-0.05, 0) is 18.1 Å². The second kappa shape index (κ2) is 5.81. The first-order valence-corrected chi connectivity index (χ1v) is 5.18. The normalized spacial score (nSPS) is 11.8. The fourth-order valence-corrected chi connectivity index (χ4v) is 1.57. The molecular formula is C11H13F3N2O2. The topological polar surface area (TPSA) is 53.4 Å². The van der Waals surface area contributed by atoms with Crippen LogP contribution < -0.4 is 0 Å². The van der Waals surface area contributed by atoms with Crippen molar-refractivity contribution >= 4 is 5.97 Å². The molecule has 0 aliphatic rings. The highest BCUT2D eigenvalue weighted by molar-refractivity contribution is 5.69. The van der Waals surface area contributed by atoms with E-state index in [2.05, 4.69) is 4.98 Å². The molecule has 0 amide bonds. The van der Waals surface area contributed by atoms with Crippen LogP contribution in [0, 0.1) is 6.92 Å². The molecule has 1 aromatic rings. The van der Waals surface area contributed by atoms with Gasteiger partial charge in [0.2, 0.25) is 0 Å². The van der Waals surface area contributed by atoms with E-state index in [0.717, 1.165) is 10.5 Å². The Labute approximate surface area is 102 Å². The van der Waals surface area contributed by atoms with E-state index in [4.69, 9.17) is 5.11 Å². The fourth-order valence-electron chi connectivity index (χ4n) is 1.57. The Hall–Kier alpha value is -1.63. The molecule has 0 radical (unpaired) electrons. The fraction of sp³-hybridized carbons (Fsp3) is 0.455. The Morgan fingerprint density at radius 2 is 2.11 bits per heavy atom. The molecule has 0 saturated carbocycles. The molecule has 0 aromatic carbocycles. The average molecular weight is 262 g/mol. The average Bonchev–Trinajstić information content (AvgIpc) is 2.12. The van der Waals surface area contributed by atoms with Gasteiger partial charge in [0.1, 0.15) is 0 Å². The maximum absolute atomic E-state index is 12.3. The van der Waals surface area contributed by atoms with Gasteiger partial charge in [0.25, 0.3) is 0 Å². The van der Waals surface area contributed by atoms with Crippen LogP contribution in [-0.2, 0) is 11.3 Å². The minimum Gasteiger partial charge on any atom is -0.480 e. The largest absolute Gasteiger partial charge is 0.480 e. The second-order valence-electron chi connectivity index (χ2n) is 4.02. The van der Waals surface area contributed by atoms with Gasteiger partial charge in [-0.3, -0.25) is 14.7 Å². The lowest BCUT2D eigenvalue weighted by molar-refractivity contribution is -0.154. The van der Waals surface area contributed by atoms with Crippen molar-refractivity contribution in [3.63, 3.8) is 0 Å². The Kier molecular flexibility index (Phi) is 4.66. The summed E-state index contributed by atoms with van der Waals surface area (Å²) in [6.07, 6.45) is -1.42. The first-order chi connectivity index (χ1) is 8.26. The molecule has 1 N–H and O–H groups in total. The van der Waals surface area contributed by atoms with Gasteiger partial charge in [0, 0.05) is 18.9 Å². The van der Waals surface area contributed by atoms with Crippen molar-refractivity contribution in [2.24, 2.45) is 0 Å². The highest BCUT2D eigenvalue weighted by atomic mass is 19.4. The summed E-state index contributed by atoms with van der Waals surface area (Å²) in [5.74, 6) is -1.29. The molecule has 0 atom stereocenters. The number of aromatic nitrogens is 1. The quantitative estimate of drug-likeness (QED) is 0.879. The van der Waals surface area contributed by atoms with Crippen molar-refractivity contribution in [1.29, 1.82) is 0 Å². The van der Waals surface area contributed by atoms with Crippen LogP contribution in [-0.4, -0.2) is 40.2 Å². The molecule has 0 unspecified atom stereocenters. The molecule has 0 aliphatic heterocycles. The second-order valence-corrected chi connectivity index (χ2v) is 4.02. The van der Waals surface area contributed by atoms with Gasteiger partial charge in [0.15, 0.2) is 0 Å². The molecule has 1 heterocycles. The van der Waals surface area contributed by atoms with Gasteiger partial charge >= 0.3 is 12.1 Å². The summed E-state index contributed by atoms with van der Waals surface area (Å²) in [5.41, 5.74) is 1.37. The Bertz CT molecular complexity index is 421. The molecule has 1 rings (SSSR count). The van der Waals surface area contributed by atoms with Gasteiger partial charge in [-0.15, -0.1) is 0 Å². The van der Waals surface area contributed by atoms with E-state index in [-0.39, 0.29) is 6.54 Å². The molecule has 0 spiro atoms. The number of halogens is 3. The van der Waals surface area contributed by atoms with Crippen molar-refractivity contribution < 1.29 is 23.1 Å². The highest BCUT2D eigenvalue weighted by Gasteiger charge is 2.31. The van der Waals surface area contributed by atoms with E-state index in [1.165, 1.54) is 6.20 Å². The molecule has 0 fully saturated rings. The van der Waals surface area contributed by atoms with Crippen LogP contribution in [0.2, 0.25) is 0 Å². The third-order valence-corrected chi connectivity index (χ3v) is 2.10. The summed E-state index contributed by atoms with van der Waals surface area (Å²) >= 11 is 0. The molecule has 0 bridgehead atoms. The van der Waals surface area contributed by atoms with Gasteiger partial charge in [-0.1, -0.05) is 6.07 Å². The lowest BCUT2D eigenvalue weighted by Crippen LogP contribution is -2.37. The zero-order valence-corrected chi connectivity index (χ0v) is 9.74. The zero-order valence-electron chi connectivity index (χ0n) is 9.74. The molecule has 1 aromatic heterocycles. The standard InChI is InChI=1S/C11H13F3N2O2/c1-8-2-9(4-15-3-8)5-16(6-10(17)18)7-11(12,13)14/h2-4H,5-7H2,1H3,(H,17,18). The van der Waals surface area contributed by atoms with E-state index in [9.17, 15) is 18.0 Å². The van der Waals surface area contributed by atoms with Crippen LogP contribution >= 0.6 is 0 Å². The van der Waals surface area contributed by atoms with Crippen LogP contribution in [0.3, 0.4) is 0 Å². The molecule has 18 heavy (non-hydrogen) atoms. The van der Waals surface area contributed by atoms with E-state index in [1.807, 2.05) is 0 Å². The van der Waals surface area contributed by atoms with Crippen LogP contribution in [0.15, 0.2) is 18.5 Å². The summed E-state index contributed by atoms with van der Waals surface area (Å²) in [4.78, 5) is 15.2. The third-order valence-electron chi connectivity index (χ3n) is 2.10. The summed E-state index contributed by atoms with van der Waals surface area (Å²) < 4.78 is 36.9. The maximum Gasteiger partial charge on any atom is 0.401 e. The first-order valence-electron chi connectivity index (χ1n) is 5.18. The van der Waals surface area contributed by atoms with Crippen molar-refractivity contribution in [2.75, 3.05) is 13.1 Å². The smallest absolute Gasteiger partial charge is 0.401 e. The predicted molar refractivity (Wildman–Crippen MR) is 57.9 cm³/mol. The predicted octanol–water partition coefficient (Wildman–Crippen LogP) is 1.84. The monoisotopic (exact) mass is 262 g/mol. The van der Waals surface area contributed by atoms with Crippen LogP contribution in [0.5, 0.6) is 0 Å². The molecule has 100 valence electrons. The summed E-state index contributed by atoms with van der Waals surface area (Å²) in [6, 6.07) is 1.68. The van der Waals surface area contributed by atoms with Crippen molar-refractivity contribution in [3.05, 3.63) is 29.6 Å². The minimum absolute atomic E-state index is 0.0967. The van der Waals surface area contributed by atoms with Crippen LogP contribution in [0.25, 0.3) is 0 Å². The van der Waals surface area contributed by atoms with E-state index < -0.39 is 25.2 Å². The SMILES string of the molecule is Cc1cncc(CN(CC(=O)O)CC(F)(F)F)c1. The van der Waals surface area contributed by atoms with Crippen molar-refractivity contribution in [3.8, 4) is 0 Å². The number of nitrogens with zero attached hydrogens (tertiary/aromatic N) is 2. The molecule has 0 saturated heterocycles. The number of pyridine rings is 1. The highest BCUT2D eigenvalue weighted by Crippen LogP contribution is 2.18. The summed E-state index contributed by atoms with van der Waals surface area (Å²) in [7, 11) is 0. The lowest BCUT2D eigenvalue weighted by atomic mass is 10.2. The van der Waals surface area contributed by atoms with Gasteiger partial charge in [-0.2, -0.15) is 13.2 Å². The maximum atomic E-state index is 12.3. The molecular weight excluding hydrogens is 249 g/mol. The Morgan fingerprint density at radius 1 is 1.44 bits per heavy atom. The Balaban J connectivity index is 2.74. The van der Waals surface area contributed by atoms with E-state index in [0.29, 0.717) is 5.56 Å². The summed E-state index contributed by atoms with van der Waals surface area (Å²) in [5, 5.41) is 8.59. The van der Waals surface area contributed by atoms with Crippen molar-refractivity contribution in [2.45, 2.75) is 19.6 Å². The van der Waals surface area contributed by atoms with Gasteiger partial charge in [-0.25, -0.2) is 0 Å². The number of carboxylic acids is 1. The lowest BCUT2D eigenvalue weighted by Gasteiger charge is -2.21. The van der Waals surface area contributed by atoms with Gasteiger partial charge in [0.05, 0.1) is 13.1 Å². The van der Waals surface area contributed by atoms with E-state index in [1.54, 1.807) is 19.2 Å². The molecule has 0 aliphatic carbocycles. The number of hydrogen-bond acceptors (Lipinski definition) is 3. The van der Waals surface area contributed by atoms with Gasteiger partial charge < -0.3 is 5.11 Å². The summed E-state index contributed by atoms with van der Waals surface area (Å²) in [6.45, 7) is -0.247. The number of carboxylic acid groups (broad SMARTS) is 1. The number of alkyl halides is 3. The van der Waals surface area contributed by atoms with Crippen LogP contribution in [0.1, 0.15) is 11.1 Å². The number of aliphatic carboxylic acids is 1. The zero-order chi connectivity index (χ0) is 13.8. The molecule has 7 heteroatoms. The number of rotatable bonds is 5. The Morgan fingerprint density at radius 3 is 2.61 bits per heavy atom. The van der Waals surface area contributed by atoms with Crippen molar-refractivity contribution in [1.82, 2.24) is 9.88 Å².